The topological polar surface area (TPSA) is 87.3 Å². The SMILES string of the molecule is Cc1cccc(C(=O)N[C@@H](C(=O)NCC(=O)NC(C)(C)C)C(C)C)c1. The molecule has 1 atom stereocenters. The van der Waals surface area contributed by atoms with Gasteiger partial charge in [0.1, 0.15) is 6.04 Å². The quantitative estimate of drug-likeness (QED) is 0.733. The summed E-state index contributed by atoms with van der Waals surface area (Å²) in [5.41, 5.74) is 1.11. The fourth-order valence-corrected chi connectivity index (χ4v) is 2.29. The highest BCUT2D eigenvalue weighted by Gasteiger charge is 2.25. The molecule has 6 nitrogen and oxygen atoms in total. The maximum Gasteiger partial charge on any atom is 0.251 e. The molecule has 0 heterocycles. The van der Waals surface area contributed by atoms with E-state index < -0.39 is 6.04 Å². The molecule has 0 spiro atoms. The van der Waals surface area contributed by atoms with Crippen molar-refractivity contribution in [1.82, 2.24) is 16.0 Å². The van der Waals surface area contributed by atoms with Gasteiger partial charge in [0, 0.05) is 11.1 Å². The van der Waals surface area contributed by atoms with E-state index in [1.807, 2.05) is 47.6 Å². The molecule has 3 N–H and O–H groups in total. The number of carbonyl (C=O) groups is 3. The number of nitrogens with one attached hydrogen (secondary N) is 3. The van der Waals surface area contributed by atoms with Crippen LogP contribution in [0.15, 0.2) is 24.3 Å². The third-order valence-corrected chi connectivity index (χ3v) is 3.45. The van der Waals surface area contributed by atoms with Gasteiger partial charge in [-0.05, 0) is 45.7 Å². The summed E-state index contributed by atoms with van der Waals surface area (Å²) in [7, 11) is 0. The maximum absolute atomic E-state index is 12.4. The summed E-state index contributed by atoms with van der Waals surface area (Å²) in [5, 5.41) is 8.11. The average Bonchev–Trinajstić information content (AvgIpc) is 2.48. The molecule has 0 unspecified atom stereocenters. The molecule has 0 aliphatic heterocycles. The van der Waals surface area contributed by atoms with Crippen molar-refractivity contribution in [3.8, 4) is 0 Å². The van der Waals surface area contributed by atoms with E-state index in [9.17, 15) is 14.4 Å². The smallest absolute Gasteiger partial charge is 0.251 e. The molecular formula is C19H29N3O3. The predicted molar refractivity (Wildman–Crippen MR) is 98.2 cm³/mol. The molecule has 0 aliphatic carbocycles. The molecule has 0 aliphatic rings. The first kappa shape index (κ1) is 20.7. The van der Waals surface area contributed by atoms with Crippen LogP contribution in [0.5, 0.6) is 0 Å². The van der Waals surface area contributed by atoms with Crippen LogP contribution >= 0.6 is 0 Å². The van der Waals surface area contributed by atoms with Crippen molar-refractivity contribution >= 4 is 17.7 Å². The summed E-state index contributed by atoms with van der Waals surface area (Å²) >= 11 is 0. The molecule has 25 heavy (non-hydrogen) atoms. The Kier molecular flexibility index (Phi) is 7.15. The van der Waals surface area contributed by atoms with Gasteiger partial charge in [0.25, 0.3) is 5.91 Å². The van der Waals surface area contributed by atoms with Gasteiger partial charge >= 0.3 is 0 Å². The van der Waals surface area contributed by atoms with Gasteiger partial charge in [-0.3, -0.25) is 14.4 Å². The van der Waals surface area contributed by atoms with Crippen LogP contribution in [0, 0.1) is 12.8 Å². The molecule has 0 saturated heterocycles. The summed E-state index contributed by atoms with van der Waals surface area (Å²) in [5.74, 6) is -1.07. The lowest BCUT2D eigenvalue weighted by Crippen LogP contribution is -2.52. The van der Waals surface area contributed by atoms with Gasteiger partial charge in [0.05, 0.1) is 6.54 Å². The lowest BCUT2D eigenvalue weighted by atomic mass is 10.0. The first-order valence-electron chi connectivity index (χ1n) is 8.46. The second kappa shape index (κ2) is 8.65. The summed E-state index contributed by atoms with van der Waals surface area (Å²) in [6, 6.07) is 6.45. The predicted octanol–water partition coefficient (Wildman–Crippen LogP) is 1.78. The molecule has 0 bridgehead atoms. The van der Waals surface area contributed by atoms with E-state index in [0.29, 0.717) is 5.56 Å². The van der Waals surface area contributed by atoms with Crippen molar-refractivity contribution in [2.24, 2.45) is 5.92 Å². The molecule has 6 heteroatoms. The Balaban J connectivity index is 2.68. The minimum atomic E-state index is -0.713. The number of benzene rings is 1. The van der Waals surface area contributed by atoms with E-state index in [0.717, 1.165) is 5.56 Å². The van der Waals surface area contributed by atoms with Crippen LogP contribution in [-0.4, -0.2) is 35.8 Å². The van der Waals surface area contributed by atoms with E-state index in [1.165, 1.54) is 0 Å². The molecule has 0 fully saturated rings. The molecular weight excluding hydrogens is 318 g/mol. The molecule has 3 amide bonds. The third-order valence-electron chi connectivity index (χ3n) is 3.45. The Morgan fingerprint density at radius 2 is 1.76 bits per heavy atom. The number of hydrogen-bond donors (Lipinski definition) is 3. The van der Waals surface area contributed by atoms with Crippen LogP contribution in [0.2, 0.25) is 0 Å². The Labute approximate surface area is 149 Å². The summed E-state index contributed by atoms with van der Waals surface area (Å²) in [4.78, 5) is 36.6. The number of carbonyl (C=O) groups excluding carboxylic acids is 3. The van der Waals surface area contributed by atoms with E-state index in [4.69, 9.17) is 0 Å². The normalized spacial score (nSPS) is 12.4. The fraction of sp³-hybridized carbons (Fsp3) is 0.526. The minimum Gasteiger partial charge on any atom is -0.350 e. The molecule has 1 aromatic rings. The maximum atomic E-state index is 12.4. The first-order chi connectivity index (χ1) is 11.5. The van der Waals surface area contributed by atoms with Gasteiger partial charge < -0.3 is 16.0 Å². The summed E-state index contributed by atoms with van der Waals surface area (Å²) in [6.07, 6.45) is 0. The van der Waals surface area contributed by atoms with Gasteiger partial charge in [0.15, 0.2) is 0 Å². The first-order valence-corrected chi connectivity index (χ1v) is 8.46. The zero-order valence-electron chi connectivity index (χ0n) is 15.9. The number of aryl methyl sites for hydroxylation is 1. The molecule has 0 aromatic heterocycles. The second-order valence-corrected chi connectivity index (χ2v) is 7.58. The Hall–Kier alpha value is -2.37. The van der Waals surface area contributed by atoms with Crippen molar-refractivity contribution in [2.75, 3.05) is 6.54 Å². The van der Waals surface area contributed by atoms with Crippen molar-refractivity contribution in [1.29, 1.82) is 0 Å². The number of hydrogen-bond acceptors (Lipinski definition) is 3. The van der Waals surface area contributed by atoms with E-state index >= 15 is 0 Å². The highest BCUT2D eigenvalue weighted by Crippen LogP contribution is 2.07. The molecule has 1 aromatic carbocycles. The van der Waals surface area contributed by atoms with Crippen molar-refractivity contribution in [3.63, 3.8) is 0 Å². The van der Waals surface area contributed by atoms with Crippen LogP contribution in [0.25, 0.3) is 0 Å². The second-order valence-electron chi connectivity index (χ2n) is 7.58. The molecule has 138 valence electrons. The fourth-order valence-electron chi connectivity index (χ4n) is 2.29. The largest absolute Gasteiger partial charge is 0.350 e. The van der Waals surface area contributed by atoms with E-state index in [1.54, 1.807) is 18.2 Å². The monoisotopic (exact) mass is 347 g/mol. The highest BCUT2D eigenvalue weighted by atomic mass is 16.2. The summed E-state index contributed by atoms with van der Waals surface area (Å²) < 4.78 is 0. The van der Waals surface area contributed by atoms with Crippen LogP contribution in [0.1, 0.15) is 50.5 Å². The van der Waals surface area contributed by atoms with Gasteiger partial charge in [-0.15, -0.1) is 0 Å². The van der Waals surface area contributed by atoms with Gasteiger partial charge in [-0.2, -0.15) is 0 Å². The van der Waals surface area contributed by atoms with Crippen LogP contribution in [0.3, 0.4) is 0 Å². The number of amides is 3. The third kappa shape index (κ3) is 7.37. The average molecular weight is 347 g/mol. The molecule has 1 rings (SSSR count). The van der Waals surface area contributed by atoms with Crippen LogP contribution in [-0.2, 0) is 9.59 Å². The zero-order valence-corrected chi connectivity index (χ0v) is 15.9. The van der Waals surface area contributed by atoms with Crippen LogP contribution < -0.4 is 16.0 Å². The Morgan fingerprint density at radius 3 is 2.28 bits per heavy atom. The van der Waals surface area contributed by atoms with Gasteiger partial charge in [-0.25, -0.2) is 0 Å². The van der Waals surface area contributed by atoms with E-state index in [2.05, 4.69) is 16.0 Å². The summed E-state index contributed by atoms with van der Waals surface area (Å²) in [6.45, 7) is 11.1. The van der Waals surface area contributed by atoms with Crippen molar-refractivity contribution < 1.29 is 14.4 Å². The number of rotatable bonds is 6. The lowest BCUT2D eigenvalue weighted by Gasteiger charge is -2.23. The van der Waals surface area contributed by atoms with Crippen molar-refractivity contribution in [2.45, 2.75) is 53.1 Å². The van der Waals surface area contributed by atoms with Gasteiger partial charge in [-0.1, -0.05) is 31.5 Å². The minimum absolute atomic E-state index is 0.112. The lowest BCUT2D eigenvalue weighted by molar-refractivity contribution is -0.128. The standard InChI is InChI=1S/C19H29N3O3/c1-12(2)16(18(25)20-11-15(23)22-19(4,5)6)21-17(24)14-9-7-8-13(3)10-14/h7-10,12,16H,11H2,1-6H3,(H,20,25)(H,21,24)(H,22,23)/t16-/m1/s1. The van der Waals surface area contributed by atoms with Crippen molar-refractivity contribution in [3.05, 3.63) is 35.4 Å². The van der Waals surface area contributed by atoms with Gasteiger partial charge in [0.2, 0.25) is 11.8 Å². The van der Waals surface area contributed by atoms with Crippen LogP contribution in [0.4, 0.5) is 0 Å². The molecule has 0 saturated carbocycles. The molecule has 0 radical (unpaired) electrons. The Morgan fingerprint density at radius 1 is 1.12 bits per heavy atom. The zero-order chi connectivity index (χ0) is 19.2. The Bertz CT molecular complexity index is 633. The highest BCUT2D eigenvalue weighted by molar-refractivity contribution is 5.98. The van der Waals surface area contributed by atoms with E-state index in [-0.39, 0.29) is 35.7 Å².